The van der Waals surface area contributed by atoms with Gasteiger partial charge in [-0.05, 0) is 30.5 Å². The zero-order valence-corrected chi connectivity index (χ0v) is 16.2. The molecule has 3 heterocycles. The molecule has 5 rings (SSSR count). The van der Waals surface area contributed by atoms with E-state index in [1.807, 2.05) is 0 Å². The molecule has 30 heavy (non-hydrogen) atoms. The van der Waals surface area contributed by atoms with Crippen LogP contribution in [0.4, 0.5) is 10.1 Å². The quantitative estimate of drug-likeness (QED) is 0.615. The SMILES string of the molecule is O=C1Nc2ccccc2-c2ccc(Cl)c(F)c2-c2cc(=O)n3c(c21)CCC3C(=O)O. The molecule has 1 atom stereocenters. The van der Waals surface area contributed by atoms with Crippen LogP contribution in [0.25, 0.3) is 22.3 Å². The van der Waals surface area contributed by atoms with E-state index < -0.39 is 29.3 Å². The molecule has 0 aliphatic carbocycles. The summed E-state index contributed by atoms with van der Waals surface area (Å²) in [6, 6.07) is 10.1. The fourth-order valence-corrected chi connectivity index (χ4v) is 4.56. The number of amides is 1. The van der Waals surface area contributed by atoms with E-state index in [1.165, 1.54) is 6.07 Å². The lowest BCUT2D eigenvalue weighted by atomic mass is 9.88. The standard InChI is InChI=1S/C22H14ClFN2O4/c23-13-6-5-11-10-3-1-2-4-14(10)25-21(28)19-12(18(11)20(13)24)9-17(27)26-15(19)7-8-16(26)22(29)30/h1-6,9,16H,7-8H2,(H,25,28)(H,29,30). The van der Waals surface area contributed by atoms with E-state index in [-0.39, 0.29) is 40.2 Å². The molecular weight excluding hydrogens is 411 g/mol. The fraction of sp³-hybridized carbons (Fsp3) is 0.136. The van der Waals surface area contributed by atoms with Gasteiger partial charge in [-0.1, -0.05) is 35.9 Å². The molecule has 8 heteroatoms. The van der Waals surface area contributed by atoms with Gasteiger partial charge in [0, 0.05) is 34.1 Å². The summed E-state index contributed by atoms with van der Waals surface area (Å²) >= 11 is 6.05. The Hall–Kier alpha value is -3.45. The van der Waals surface area contributed by atoms with Gasteiger partial charge in [0.05, 0.1) is 10.6 Å². The average molecular weight is 425 g/mol. The van der Waals surface area contributed by atoms with Crippen molar-refractivity contribution >= 4 is 29.2 Å². The van der Waals surface area contributed by atoms with Crippen molar-refractivity contribution in [1.82, 2.24) is 4.57 Å². The molecule has 2 aliphatic heterocycles. The zero-order valence-electron chi connectivity index (χ0n) is 15.4. The van der Waals surface area contributed by atoms with Crippen molar-refractivity contribution in [1.29, 1.82) is 0 Å². The Morgan fingerprint density at radius 3 is 2.63 bits per heavy atom. The number of hydrogen-bond donors (Lipinski definition) is 2. The first-order valence-corrected chi connectivity index (χ1v) is 9.66. The Morgan fingerprint density at radius 1 is 1.10 bits per heavy atom. The van der Waals surface area contributed by atoms with Crippen LogP contribution in [0.15, 0.2) is 47.3 Å². The number of hydrogen-bond acceptors (Lipinski definition) is 3. The fourth-order valence-electron chi connectivity index (χ4n) is 4.40. The maximum atomic E-state index is 15.3. The van der Waals surface area contributed by atoms with E-state index in [1.54, 1.807) is 30.3 Å². The molecular formula is C22H14ClFN2O4. The average Bonchev–Trinajstić information content (AvgIpc) is 3.15. The summed E-state index contributed by atoms with van der Waals surface area (Å²) in [7, 11) is 0. The van der Waals surface area contributed by atoms with Crippen molar-refractivity contribution in [2.24, 2.45) is 0 Å². The van der Waals surface area contributed by atoms with Gasteiger partial charge in [-0.3, -0.25) is 14.2 Å². The molecule has 2 N–H and O–H groups in total. The van der Waals surface area contributed by atoms with Gasteiger partial charge < -0.3 is 10.4 Å². The molecule has 1 amide bonds. The number of nitrogens with zero attached hydrogens (tertiary/aromatic N) is 1. The number of anilines is 1. The molecule has 0 fully saturated rings. The van der Waals surface area contributed by atoms with Crippen LogP contribution in [0, 0.1) is 5.82 Å². The van der Waals surface area contributed by atoms with Gasteiger partial charge >= 0.3 is 5.97 Å². The molecule has 2 aliphatic rings. The van der Waals surface area contributed by atoms with Crippen LogP contribution in [-0.2, 0) is 11.2 Å². The number of pyridine rings is 1. The Morgan fingerprint density at radius 2 is 1.87 bits per heavy atom. The Kier molecular flexibility index (Phi) is 4.04. The van der Waals surface area contributed by atoms with Crippen LogP contribution in [0.1, 0.15) is 28.5 Å². The number of carboxylic acids is 1. The third-order valence-electron chi connectivity index (χ3n) is 5.66. The third-order valence-corrected chi connectivity index (χ3v) is 5.95. The van der Waals surface area contributed by atoms with Gasteiger partial charge in [0.1, 0.15) is 11.9 Å². The van der Waals surface area contributed by atoms with E-state index in [2.05, 4.69) is 5.32 Å². The molecule has 0 spiro atoms. The highest BCUT2D eigenvalue weighted by Crippen LogP contribution is 2.44. The second-order valence-corrected chi connectivity index (χ2v) is 7.67. The van der Waals surface area contributed by atoms with Crippen LogP contribution in [-0.4, -0.2) is 21.6 Å². The number of halogens is 2. The van der Waals surface area contributed by atoms with E-state index in [9.17, 15) is 19.5 Å². The number of carbonyl (C=O) groups is 2. The summed E-state index contributed by atoms with van der Waals surface area (Å²) in [4.78, 5) is 37.7. The molecule has 3 aromatic rings. The number of aromatic nitrogens is 1. The second-order valence-electron chi connectivity index (χ2n) is 7.26. The molecule has 1 aromatic heterocycles. The first-order valence-electron chi connectivity index (χ1n) is 9.29. The first-order chi connectivity index (χ1) is 14.4. The van der Waals surface area contributed by atoms with Gasteiger partial charge in [0.15, 0.2) is 0 Å². The van der Waals surface area contributed by atoms with Crippen LogP contribution < -0.4 is 10.9 Å². The van der Waals surface area contributed by atoms with Gasteiger partial charge in [0.2, 0.25) is 0 Å². The molecule has 6 nitrogen and oxygen atoms in total. The number of carboxylic acid groups (broad SMARTS) is 1. The number of para-hydroxylation sites is 1. The minimum atomic E-state index is -1.15. The monoisotopic (exact) mass is 424 g/mol. The van der Waals surface area contributed by atoms with Crippen LogP contribution >= 0.6 is 11.6 Å². The van der Waals surface area contributed by atoms with Crippen molar-refractivity contribution in [3.05, 3.63) is 74.9 Å². The van der Waals surface area contributed by atoms with Gasteiger partial charge in [-0.25, -0.2) is 9.18 Å². The lowest BCUT2D eigenvalue weighted by molar-refractivity contribution is -0.140. The first kappa shape index (κ1) is 18.6. The summed E-state index contributed by atoms with van der Waals surface area (Å²) in [6.07, 6.45) is 0.387. The maximum Gasteiger partial charge on any atom is 0.326 e. The molecule has 0 radical (unpaired) electrons. The molecule has 0 bridgehead atoms. The summed E-state index contributed by atoms with van der Waals surface area (Å²) in [5.74, 6) is -2.42. The highest BCUT2D eigenvalue weighted by molar-refractivity contribution is 6.31. The highest BCUT2D eigenvalue weighted by Gasteiger charge is 2.36. The molecule has 1 unspecified atom stereocenters. The van der Waals surface area contributed by atoms with Gasteiger partial charge in [-0.15, -0.1) is 0 Å². The number of fused-ring (bicyclic) bond motifs is 7. The summed E-state index contributed by atoms with van der Waals surface area (Å²) < 4.78 is 16.4. The summed E-state index contributed by atoms with van der Waals surface area (Å²) in [5, 5.41) is 12.2. The topological polar surface area (TPSA) is 88.4 Å². The molecule has 0 saturated carbocycles. The number of nitrogens with one attached hydrogen (secondary N) is 1. The zero-order chi connectivity index (χ0) is 21.2. The van der Waals surface area contributed by atoms with E-state index in [4.69, 9.17) is 11.6 Å². The van der Waals surface area contributed by atoms with Crippen molar-refractivity contribution < 1.29 is 19.1 Å². The lowest BCUT2D eigenvalue weighted by Crippen LogP contribution is -2.30. The highest BCUT2D eigenvalue weighted by atomic mass is 35.5. The molecule has 0 saturated heterocycles. The minimum Gasteiger partial charge on any atom is -0.480 e. The third kappa shape index (κ3) is 2.52. The van der Waals surface area contributed by atoms with Crippen molar-refractivity contribution in [3.63, 3.8) is 0 Å². The van der Waals surface area contributed by atoms with E-state index in [0.29, 0.717) is 16.8 Å². The summed E-state index contributed by atoms with van der Waals surface area (Å²) in [5.41, 5.74) is 1.49. The van der Waals surface area contributed by atoms with Gasteiger partial charge in [0.25, 0.3) is 11.5 Å². The Bertz CT molecular complexity index is 1330. The van der Waals surface area contributed by atoms with Crippen molar-refractivity contribution in [2.75, 3.05) is 5.32 Å². The van der Waals surface area contributed by atoms with Gasteiger partial charge in [-0.2, -0.15) is 0 Å². The van der Waals surface area contributed by atoms with Crippen LogP contribution in [0.2, 0.25) is 5.02 Å². The van der Waals surface area contributed by atoms with Crippen LogP contribution in [0.5, 0.6) is 0 Å². The van der Waals surface area contributed by atoms with E-state index in [0.717, 1.165) is 10.6 Å². The minimum absolute atomic E-state index is 0.0547. The normalized spacial score (nSPS) is 16.5. The molecule has 150 valence electrons. The number of benzene rings is 2. The summed E-state index contributed by atoms with van der Waals surface area (Å²) in [6.45, 7) is 0. The maximum absolute atomic E-state index is 15.3. The molecule has 2 aromatic carbocycles. The van der Waals surface area contributed by atoms with Crippen molar-refractivity contribution in [2.45, 2.75) is 18.9 Å². The van der Waals surface area contributed by atoms with Crippen LogP contribution in [0.3, 0.4) is 0 Å². The Balaban J connectivity index is 1.94. The smallest absolute Gasteiger partial charge is 0.326 e. The predicted octanol–water partition coefficient (Wildman–Crippen LogP) is 4.11. The number of carbonyl (C=O) groups excluding carboxylic acids is 1. The lowest BCUT2D eigenvalue weighted by Gasteiger charge is -2.23. The largest absolute Gasteiger partial charge is 0.480 e. The van der Waals surface area contributed by atoms with E-state index >= 15 is 4.39 Å². The number of aliphatic carboxylic acids is 1. The van der Waals surface area contributed by atoms with Crippen molar-refractivity contribution in [3.8, 4) is 22.3 Å². The second kappa shape index (κ2) is 6.53. The predicted molar refractivity (Wildman–Crippen MR) is 109 cm³/mol. The number of rotatable bonds is 1. The Labute approximate surface area is 174 Å².